The predicted molar refractivity (Wildman–Crippen MR) is 79.7 cm³/mol. The number of benzene rings is 1. The molecule has 114 valence electrons. The van der Waals surface area contributed by atoms with Crippen molar-refractivity contribution in [2.45, 2.75) is 38.0 Å². The highest BCUT2D eigenvalue weighted by molar-refractivity contribution is 6.03. The van der Waals surface area contributed by atoms with E-state index >= 15 is 0 Å². The summed E-state index contributed by atoms with van der Waals surface area (Å²) in [5.74, 6) is -0.886. The van der Waals surface area contributed by atoms with Crippen molar-refractivity contribution in [3.05, 3.63) is 29.8 Å². The number of piperidine rings is 1. The molecule has 6 nitrogen and oxygen atoms in total. The second-order valence-corrected chi connectivity index (χ2v) is 5.27. The summed E-state index contributed by atoms with van der Waals surface area (Å²) in [5, 5.41) is 13.5. The SMILES string of the molecule is CCC1(c2ccc(NC(=O)CC#N)cc2)CCC(=O)NC1=O. The van der Waals surface area contributed by atoms with Gasteiger partial charge in [-0.25, -0.2) is 0 Å². The molecule has 1 saturated heterocycles. The molecule has 2 rings (SSSR count). The zero-order valence-electron chi connectivity index (χ0n) is 12.3. The fourth-order valence-corrected chi connectivity index (χ4v) is 2.72. The van der Waals surface area contributed by atoms with Crippen LogP contribution in [0.3, 0.4) is 0 Å². The zero-order valence-corrected chi connectivity index (χ0v) is 12.3. The summed E-state index contributed by atoms with van der Waals surface area (Å²) in [7, 11) is 0. The Kier molecular flexibility index (Phi) is 4.56. The average molecular weight is 299 g/mol. The molecule has 1 aliphatic heterocycles. The van der Waals surface area contributed by atoms with Crippen LogP contribution < -0.4 is 10.6 Å². The lowest BCUT2D eigenvalue weighted by Gasteiger charge is -2.35. The fourth-order valence-electron chi connectivity index (χ4n) is 2.72. The third-order valence-electron chi connectivity index (χ3n) is 4.03. The van der Waals surface area contributed by atoms with Gasteiger partial charge in [0.25, 0.3) is 0 Å². The molecule has 1 atom stereocenters. The van der Waals surface area contributed by atoms with Gasteiger partial charge >= 0.3 is 0 Å². The number of nitrogens with one attached hydrogen (secondary N) is 2. The minimum atomic E-state index is -0.705. The van der Waals surface area contributed by atoms with Gasteiger partial charge in [-0.1, -0.05) is 19.1 Å². The summed E-state index contributed by atoms with van der Waals surface area (Å²) in [6, 6.07) is 8.74. The van der Waals surface area contributed by atoms with E-state index in [1.165, 1.54) is 0 Å². The number of anilines is 1. The fraction of sp³-hybridized carbons (Fsp3) is 0.375. The molecule has 1 aromatic carbocycles. The third kappa shape index (κ3) is 2.98. The van der Waals surface area contributed by atoms with E-state index in [-0.39, 0.29) is 24.1 Å². The van der Waals surface area contributed by atoms with Gasteiger partial charge in [0, 0.05) is 12.1 Å². The van der Waals surface area contributed by atoms with Crippen molar-refractivity contribution in [2.24, 2.45) is 0 Å². The third-order valence-corrected chi connectivity index (χ3v) is 4.03. The second kappa shape index (κ2) is 6.39. The van der Waals surface area contributed by atoms with Crippen LogP contribution in [-0.4, -0.2) is 17.7 Å². The van der Waals surface area contributed by atoms with Gasteiger partial charge in [0.1, 0.15) is 6.42 Å². The molecule has 0 spiro atoms. The molecule has 22 heavy (non-hydrogen) atoms. The summed E-state index contributed by atoms with van der Waals surface area (Å²) < 4.78 is 0. The number of rotatable bonds is 4. The lowest BCUT2D eigenvalue weighted by Crippen LogP contribution is -2.51. The van der Waals surface area contributed by atoms with Gasteiger partial charge in [-0.05, 0) is 30.5 Å². The predicted octanol–water partition coefficient (Wildman–Crippen LogP) is 1.62. The molecule has 0 bridgehead atoms. The monoisotopic (exact) mass is 299 g/mol. The molecular weight excluding hydrogens is 282 g/mol. The highest BCUT2D eigenvalue weighted by Crippen LogP contribution is 2.36. The molecule has 0 aliphatic carbocycles. The zero-order chi connectivity index (χ0) is 16.2. The van der Waals surface area contributed by atoms with E-state index < -0.39 is 5.41 Å². The van der Waals surface area contributed by atoms with Crippen molar-refractivity contribution in [2.75, 3.05) is 5.32 Å². The van der Waals surface area contributed by atoms with Crippen LogP contribution in [0.1, 0.15) is 38.2 Å². The Hall–Kier alpha value is -2.68. The van der Waals surface area contributed by atoms with Gasteiger partial charge in [0.15, 0.2) is 0 Å². The van der Waals surface area contributed by atoms with Gasteiger partial charge in [0.05, 0.1) is 11.5 Å². The Morgan fingerprint density at radius 3 is 2.59 bits per heavy atom. The molecular formula is C16H17N3O3. The number of nitriles is 1. The highest BCUT2D eigenvalue weighted by Gasteiger charge is 2.42. The first-order valence-electron chi connectivity index (χ1n) is 7.13. The molecule has 1 aromatic rings. The second-order valence-electron chi connectivity index (χ2n) is 5.27. The molecule has 6 heteroatoms. The Morgan fingerprint density at radius 2 is 2.05 bits per heavy atom. The van der Waals surface area contributed by atoms with Gasteiger partial charge in [-0.2, -0.15) is 5.26 Å². The van der Waals surface area contributed by atoms with E-state index in [0.29, 0.717) is 24.9 Å². The Bertz CT molecular complexity index is 646. The topological polar surface area (TPSA) is 99.1 Å². The van der Waals surface area contributed by atoms with E-state index in [1.807, 2.05) is 6.92 Å². The summed E-state index contributed by atoms with van der Waals surface area (Å²) in [6.07, 6.45) is 1.19. The largest absolute Gasteiger partial charge is 0.325 e. The molecule has 1 unspecified atom stereocenters. The Labute approximate surface area is 128 Å². The van der Waals surface area contributed by atoms with E-state index in [9.17, 15) is 14.4 Å². The number of carbonyl (C=O) groups is 3. The van der Waals surface area contributed by atoms with Crippen LogP contribution in [0.25, 0.3) is 0 Å². The number of amides is 3. The minimum Gasteiger partial charge on any atom is -0.325 e. The van der Waals surface area contributed by atoms with Crippen LogP contribution in [0.2, 0.25) is 0 Å². The summed E-state index contributed by atoms with van der Waals surface area (Å²) in [5.41, 5.74) is 0.684. The summed E-state index contributed by atoms with van der Waals surface area (Å²) in [4.78, 5) is 35.0. The van der Waals surface area contributed by atoms with Gasteiger partial charge < -0.3 is 5.32 Å². The molecule has 3 amide bonds. The minimum absolute atomic E-state index is 0.203. The smallest absolute Gasteiger partial charge is 0.238 e. The maximum Gasteiger partial charge on any atom is 0.238 e. The molecule has 1 aliphatic rings. The number of hydrogen-bond donors (Lipinski definition) is 2. The lowest BCUT2D eigenvalue weighted by molar-refractivity contribution is -0.138. The summed E-state index contributed by atoms with van der Waals surface area (Å²) >= 11 is 0. The maximum absolute atomic E-state index is 12.3. The van der Waals surface area contributed by atoms with Gasteiger partial charge in [-0.15, -0.1) is 0 Å². The first-order valence-corrected chi connectivity index (χ1v) is 7.13. The van der Waals surface area contributed by atoms with Crippen LogP contribution in [-0.2, 0) is 19.8 Å². The normalized spacial score (nSPS) is 20.9. The first kappa shape index (κ1) is 15.7. The number of nitrogens with zero attached hydrogens (tertiary/aromatic N) is 1. The summed E-state index contributed by atoms with van der Waals surface area (Å²) in [6.45, 7) is 1.91. The van der Waals surface area contributed by atoms with E-state index in [0.717, 1.165) is 5.56 Å². The highest BCUT2D eigenvalue weighted by atomic mass is 16.2. The molecule has 0 aromatic heterocycles. The number of imide groups is 1. The molecule has 1 heterocycles. The molecule has 1 fully saturated rings. The molecule has 2 N–H and O–H groups in total. The van der Waals surface area contributed by atoms with Crippen molar-refractivity contribution in [1.29, 1.82) is 5.26 Å². The lowest BCUT2D eigenvalue weighted by atomic mass is 9.72. The van der Waals surface area contributed by atoms with Crippen molar-refractivity contribution >= 4 is 23.4 Å². The van der Waals surface area contributed by atoms with Crippen molar-refractivity contribution in [3.63, 3.8) is 0 Å². The Morgan fingerprint density at radius 1 is 1.36 bits per heavy atom. The van der Waals surface area contributed by atoms with Crippen LogP contribution >= 0.6 is 0 Å². The molecule has 0 saturated carbocycles. The van der Waals surface area contributed by atoms with Crippen molar-refractivity contribution in [3.8, 4) is 6.07 Å². The van der Waals surface area contributed by atoms with Crippen molar-refractivity contribution in [1.82, 2.24) is 5.32 Å². The molecule has 0 radical (unpaired) electrons. The van der Waals surface area contributed by atoms with Gasteiger partial charge in [0.2, 0.25) is 17.7 Å². The number of carbonyl (C=O) groups excluding carboxylic acids is 3. The standard InChI is InChI=1S/C16H17N3O3/c1-2-16(9-7-13(20)19-15(16)22)11-3-5-12(6-4-11)18-14(21)8-10-17/h3-6H,2,7-9H2,1H3,(H,18,21)(H,19,20,22). The van der Waals surface area contributed by atoms with E-state index in [1.54, 1.807) is 30.3 Å². The van der Waals surface area contributed by atoms with Crippen LogP contribution in [0.4, 0.5) is 5.69 Å². The average Bonchev–Trinajstić information content (AvgIpc) is 2.49. The van der Waals surface area contributed by atoms with Crippen LogP contribution in [0.15, 0.2) is 24.3 Å². The first-order chi connectivity index (χ1) is 10.5. The van der Waals surface area contributed by atoms with E-state index in [4.69, 9.17) is 5.26 Å². The van der Waals surface area contributed by atoms with E-state index in [2.05, 4.69) is 10.6 Å². The van der Waals surface area contributed by atoms with Crippen LogP contribution in [0.5, 0.6) is 0 Å². The van der Waals surface area contributed by atoms with Crippen molar-refractivity contribution < 1.29 is 14.4 Å². The number of hydrogen-bond acceptors (Lipinski definition) is 4. The maximum atomic E-state index is 12.3. The quantitative estimate of drug-likeness (QED) is 0.825. The Balaban J connectivity index is 2.21. The van der Waals surface area contributed by atoms with Gasteiger partial charge in [-0.3, -0.25) is 19.7 Å². The van der Waals surface area contributed by atoms with Crippen LogP contribution in [0, 0.1) is 11.3 Å².